The second kappa shape index (κ2) is 2.68. The molecule has 5 N–H and O–H groups in total. The number of carbonyl (C=O) groups excluding carboxylic acids is 1. The molecule has 0 atom stereocenters. The van der Waals surface area contributed by atoms with E-state index in [4.69, 9.17) is 0 Å². The first-order chi connectivity index (χ1) is 2.81. The highest BCUT2D eigenvalue weighted by Crippen LogP contribution is 1.48. The number of amides is 1. The summed E-state index contributed by atoms with van der Waals surface area (Å²) in [6.07, 6.45) is 0. The molecule has 0 spiro atoms. The van der Waals surface area contributed by atoms with E-state index in [0.717, 1.165) is 7.41 Å². The van der Waals surface area contributed by atoms with Crippen LogP contribution in [0.1, 0.15) is 0 Å². The number of hydrazine groups is 1. The molecule has 0 saturated carbocycles. The smallest absolute Gasteiger partial charge is 0.324 e. The van der Waals surface area contributed by atoms with E-state index >= 15 is 0 Å². The molecule has 0 rings (SSSR count). The number of nitrogens with one attached hydrogen (secondary N) is 1. The first-order valence-corrected chi connectivity index (χ1v) is 1.36. The summed E-state index contributed by atoms with van der Waals surface area (Å²) in [4.78, 5) is 9.76. The maximum Gasteiger partial charge on any atom is 0.324 e. The highest BCUT2D eigenvalue weighted by atomic mass is 16.1. The van der Waals surface area contributed by atoms with Gasteiger partial charge in [0.05, 0.1) is 0 Å². The van der Waals surface area contributed by atoms with Gasteiger partial charge in [-0.3, -0.25) is 4.79 Å². The van der Waals surface area contributed by atoms with Crippen LogP contribution in [0.25, 0.3) is 0 Å². The molecular formula is CH5BN3O. The molecular weight excluding hydrogens is 80.8 g/mol. The molecule has 0 heterocycles. The third-order valence-electron chi connectivity index (χ3n) is 0.294. The Balaban J connectivity index is 2.99. The summed E-state index contributed by atoms with van der Waals surface area (Å²) < 4.78 is 0. The van der Waals surface area contributed by atoms with Gasteiger partial charge in [-0.1, -0.05) is 0 Å². The van der Waals surface area contributed by atoms with Crippen molar-refractivity contribution in [2.45, 2.75) is 0 Å². The van der Waals surface area contributed by atoms with Gasteiger partial charge in [-0.05, 0) is 0 Å². The fourth-order valence-electron chi connectivity index (χ4n) is 0.0481. The molecule has 0 aromatic carbocycles. The van der Waals surface area contributed by atoms with Crippen LogP contribution in [0.2, 0.25) is 0 Å². The molecule has 5 heteroatoms. The third-order valence-corrected chi connectivity index (χ3v) is 0.294. The zero-order valence-corrected chi connectivity index (χ0v) is 3.14. The average molecular weight is 85.9 g/mol. The van der Waals surface area contributed by atoms with Gasteiger partial charge in [0.25, 0.3) is 0 Å². The zero-order valence-electron chi connectivity index (χ0n) is 3.14. The minimum Gasteiger partial charge on any atom is -0.366 e. The van der Waals surface area contributed by atoms with Gasteiger partial charge >= 0.3 is 7.41 Å². The van der Waals surface area contributed by atoms with Crippen LogP contribution in [0.4, 0.5) is 4.79 Å². The van der Waals surface area contributed by atoms with Crippen LogP contribution in [0.3, 0.4) is 0 Å². The average Bonchev–Trinajstić information content (AvgIpc) is 1.65. The van der Waals surface area contributed by atoms with Gasteiger partial charge < -0.3 is 11.1 Å². The molecule has 4 nitrogen and oxygen atoms in total. The molecule has 1 radical (unpaired) electrons. The van der Waals surface area contributed by atoms with Gasteiger partial charge in [-0.15, -0.1) is 0 Å². The summed E-state index contributed by atoms with van der Waals surface area (Å²) in [5.74, 6) is 4.09. The lowest BCUT2D eigenvalue weighted by Crippen LogP contribution is -2.36. The highest BCUT2D eigenvalue weighted by Gasteiger charge is 1.90. The van der Waals surface area contributed by atoms with Crippen molar-refractivity contribution in [3.63, 3.8) is 0 Å². The number of hydrogen-bond acceptors (Lipinski definition) is 3. The van der Waals surface area contributed by atoms with E-state index in [0.29, 0.717) is 0 Å². The number of carbonyl (C=O) groups is 1. The predicted octanol–water partition coefficient (Wildman–Crippen LogP) is -1.85. The standard InChI is InChI=1S/CH5BN3O/c3-2-1(6)5-4/h3-4H2,(H,5,6). The van der Waals surface area contributed by atoms with Crippen LogP contribution in [-0.4, -0.2) is 13.2 Å². The highest BCUT2D eigenvalue weighted by molar-refractivity contribution is 6.70. The minimum absolute atomic E-state index is 0.477. The Morgan fingerprint density at radius 2 is 2.33 bits per heavy atom. The molecule has 0 aromatic rings. The monoisotopic (exact) mass is 86.1 g/mol. The van der Waals surface area contributed by atoms with E-state index in [1.807, 2.05) is 0 Å². The molecule has 33 valence electrons. The summed E-state index contributed by atoms with van der Waals surface area (Å²) >= 11 is 0. The summed E-state index contributed by atoms with van der Waals surface area (Å²) in [6, 6.07) is 0. The van der Waals surface area contributed by atoms with Crippen molar-refractivity contribution in [2.75, 3.05) is 0 Å². The van der Waals surface area contributed by atoms with Crippen molar-refractivity contribution in [3.05, 3.63) is 0 Å². The Kier molecular flexibility index (Phi) is 2.44. The maximum absolute atomic E-state index is 9.76. The Labute approximate surface area is 36.1 Å². The fraction of sp³-hybridized carbons (Fsp3) is 0. The van der Waals surface area contributed by atoms with E-state index in [1.165, 1.54) is 0 Å². The molecule has 0 aliphatic heterocycles. The lowest BCUT2D eigenvalue weighted by molar-refractivity contribution is 0.259. The quantitative estimate of drug-likeness (QED) is 0.151. The predicted molar refractivity (Wildman–Crippen MR) is 22.7 cm³/mol. The Bertz CT molecular complexity index is 48.8. The molecule has 0 bridgehead atoms. The molecule has 0 saturated heterocycles. The van der Waals surface area contributed by atoms with Gasteiger partial charge in [0.15, 0.2) is 5.81 Å². The normalized spacial score (nSPS) is 7.00. The topological polar surface area (TPSA) is 81.1 Å². The van der Waals surface area contributed by atoms with Gasteiger partial charge in [-0.25, -0.2) is 5.84 Å². The molecule has 0 aromatic heterocycles. The molecule has 6 heavy (non-hydrogen) atoms. The maximum atomic E-state index is 9.76. The summed E-state index contributed by atoms with van der Waals surface area (Å²) in [7, 11) is 0.847. The van der Waals surface area contributed by atoms with Crippen LogP contribution in [0.15, 0.2) is 0 Å². The fourth-order valence-corrected chi connectivity index (χ4v) is 0.0481. The molecule has 0 fully saturated rings. The molecule has 0 aliphatic rings. The van der Waals surface area contributed by atoms with E-state index in [-0.39, 0.29) is 0 Å². The van der Waals surface area contributed by atoms with Crippen molar-refractivity contribution in [1.29, 1.82) is 0 Å². The van der Waals surface area contributed by atoms with Crippen LogP contribution in [0, 0.1) is 0 Å². The van der Waals surface area contributed by atoms with Crippen LogP contribution in [-0.2, 0) is 0 Å². The first kappa shape index (κ1) is 5.45. The second-order valence-electron chi connectivity index (χ2n) is 0.675. The number of hydrogen-bond donors (Lipinski definition) is 3. The summed E-state index contributed by atoms with van der Waals surface area (Å²) in [5, 5.41) is 0. The summed E-state index contributed by atoms with van der Waals surface area (Å²) in [5.41, 5.74) is 6.46. The molecule has 1 amide bonds. The van der Waals surface area contributed by atoms with Crippen LogP contribution >= 0.6 is 0 Å². The van der Waals surface area contributed by atoms with E-state index in [9.17, 15) is 4.79 Å². The largest absolute Gasteiger partial charge is 0.366 e. The van der Waals surface area contributed by atoms with Crippen LogP contribution < -0.4 is 16.9 Å². The Morgan fingerprint density at radius 1 is 1.83 bits per heavy atom. The van der Waals surface area contributed by atoms with Crippen molar-refractivity contribution < 1.29 is 4.79 Å². The second-order valence-corrected chi connectivity index (χ2v) is 0.675. The van der Waals surface area contributed by atoms with Gasteiger partial charge in [0, 0.05) is 0 Å². The van der Waals surface area contributed by atoms with Crippen molar-refractivity contribution in [2.24, 2.45) is 11.5 Å². The van der Waals surface area contributed by atoms with Gasteiger partial charge in [0.1, 0.15) is 0 Å². The summed E-state index contributed by atoms with van der Waals surface area (Å²) in [6.45, 7) is 0. The van der Waals surface area contributed by atoms with E-state index in [2.05, 4.69) is 11.5 Å². The first-order valence-electron chi connectivity index (χ1n) is 1.36. The molecule has 0 unspecified atom stereocenters. The lowest BCUT2D eigenvalue weighted by Gasteiger charge is -1.85. The van der Waals surface area contributed by atoms with E-state index < -0.39 is 5.81 Å². The molecule has 0 aliphatic carbocycles. The van der Waals surface area contributed by atoms with Crippen molar-refractivity contribution in [3.8, 4) is 0 Å². The Morgan fingerprint density at radius 3 is 2.33 bits per heavy atom. The SMILES string of the molecule is N[B]C(=O)NN. The number of rotatable bonds is 1. The lowest BCUT2D eigenvalue weighted by atomic mass is 9.97. The minimum atomic E-state index is -0.477. The van der Waals surface area contributed by atoms with E-state index in [1.54, 1.807) is 5.43 Å². The van der Waals surface area contributed by atoms with Crippen molar-refractivity contribution >= 4 is 13.2 Å². The zero-order chi connectivity index (χ0) is 4.99. The van der Waals surface area contributed by atoms with Gasteiger partial charge in [-0.2, -0.15) is 0 Å². The Hall–Kier alpha value is -0.545. The van der Waals surface area contributed by atoms with Crippen LogP contribution in [0.5, 0.6) is 0 Å². The van der Waals surface area contributed by atoms with Crippen molar-refractivity contribution in [1.82, 2.24) is 5.43 Å². The number of nitrogens with two attached hydrogens (primary N) is 2. The van der Waals surface area contributed by atoms with Gasteiger partial charge in [0.2, 0.25) is 0 Å². The third kappa shape index (κ3) is 1.74.